The molecule has 1 amide bonds. The third-order valence-corrected chi connectivity index (χ3v) is 5.72. The maximum Gasteiger partial charge on any atom is 0.407 e. The molecule has 0 saturated carbocycles. The van der Waals surface area contributed by atoms with Crippen LogP contribution in [0.3, 0.4) is 0 Å². The van der Waals surface area contributed by atoms with Crippen LogP contribution >= 0.6 is 0 Å². The summed E-state index contributed by atoms with van der Waals surface area (Å²) in [6.07, 6.45) is -1.46. The van der Waals surface area contributed by atoms with E-state index in [0.29, 0.717) is 6.42 Å². The normalized spacial score (nSPS) is 15.2. The van der Waals surface area contributed by atoms with Gasteiger partial charge in [-0.25, -0.2) is 14.4 Å². The van der Waals surface area contributed by atoms with E-state index < -0.39 is 30.2 Å². The fourth-order valence-corrected chi connectivity index (χ4v) is 3.73. The van der Waals surface area contributed by atoms with E-state index in [1.807, 2.05) is 55.5 Å². The Balaban J connectivity index is 1.68. The summed E-state index contributed by atoms with van der Waals surface area (Å²) in [6, 6.07) is 15.0. The molecule has 0 fully saturated rings. The Kier molecular flexibility index (Phi) is 6.95. The second-order valence-electron chi connectivity index (χ2n) is 7.75. The minimum Gasteiger partial charge on any atom is -0.479 e. The number of hydrogen-bond donors (Lipinski definition) is 2. The van der Waals surface area contributed by atoms with Crippen LogP contribution < -0.4 is 5.32 Å². The highest BCUT2D eigenvalue weighted by atomic mass is 16.6. The van der Waals surface area contributed by atoms with E-state index in [1.165, 1.54) is 6.92 Å². The van der Waals surface area contributed by atoms with Crippen molar-refractivity contribution in [2.75, 3.05) is 6.61 Å². The van der Waals surface area contributed by atoms with Gasteiger partial charge in [0.05, 0.1) is 0 Å². The lowest BCUT2D eigenvalue weighted by Crippen LogP contribution is -2.47. The van der Waals surface area contributed by atoms with E-state index in [2.05, 4.69) is 5.32 Å². The smallest absolute Gasteiger partial charge is 0.407 e. The number of rotatable bonds is 8. The molecule has 0 heterocycles. The standard InChI is InChI=1S/C24H27NO6/c1-4-14(2)21(23(28)31-15(3)22(26)27)25-24(29)30-13-20-18-11-7-5-9-16(18)17-10-6-8-12-19(17)20/h5-12,14-15,20-21H,4,13H2,1-3H3,(H,25,29)(H,26,27)/t14-,15?,21-/m0/s1. The van der Waals surface area contributed by atoms with Crippen molar-refractivity contribution in [3.05, 3.63) is 59.7 Å². The largest absolute Gasteiger partial charge is 0.479 e. The monoisotopic (exact) mass is 425 g/mol. The lowest BCUT2D eigenvalue weighted by molar-refractivity contribution is -0.164. The zero-order valence-corrected chi connectivity index (χ0v) is 17.8. The molecule has 0 bridgehead atoms. The summed E-state index contributed by atoms with van der Waals surface area (Å²) in [5.41, 5.74) is 4.42. The van der Waals surface area contributed by atoms with Gasteiger partial charge < -0.3 is 19.9 Å². The van der Waals surface area contributed by atoms with Gasteiger partial charge in [0, 0.05) is 5.92 Å². The molecule has 31 heavy (non-hydrogen) atoms. The molecule has 2 aromatic carbocycles. The van der Waals surface area contributed by atoms with Gasteiger partial charge in [0.2, 0.25) is 0 Å². The minimum absolute atomic E-state index is 0.0980. The first-order valence-corrected chi connectivity index (χ1v) is 10.4. The van der Waals surface area contributed by atoms with Crippen molar-refractivity contribution < 1.29 is 29.0 Å². The lowest BCUT2D eigenvalue weighted by atomic mass is 9.98. The molecule has 0 spiro atoms. The summed E-state index contributed by atoms with van der Waals surface area (Å²) in [7, 11) is 0. The zero-order chi connectivity index (χ0) is 22.5. The third kappa shape index (κ3) is 4.87. The van der Waals surface area contributed by atoms with Crippen LogP contribution in [0.1, 0.15) is 44.2 Å². The third-order valence-electron chi connectivity index (χ3n) is 5.72. The quantitative estimate of drug-likeness (QED) is 0.621. The number of fused-ring (bicyclic) bond motifs is 3. The zero-order valence-electron chi connectivity index (χ0n) is 17.8. The number of alkyl carbamates (subject to hydrolysis) is 1. The number of carboxylic acids is 1. The van der Waals surface area contributed by atoms with E-state index in [4.69, 9.17) is 14.6 Å². The Morgan fingerprint density at radius 3 is 2.06 bits per heavy atom. The second kappa shape index (κ2) is 9.64. The van der Waals surface area contributed by atoms with Gasteiger partial charge in [0.1, 0.15) is 12.6 Å². The molecular formula is C24H27NO6. The van der Waals surface area contributed by atoms with E-state index >= 15 is 0 Å². The molecule has 0 aromatic heterocycles. The first-order valence-electron chi connectivity index (χ1n) is 10.4. The van der Waals surface area contributed by atoms with Gasteiger partial charge in [-0.3, -0.25) is 0 Å². The Morgan fingerprint density at radius 1 is 1.00 bits per heavy atom. The van der Waals surface area contributed by atoms with Crippen LogP contribution in [0.5, 0.6) is 0 Å². The first-order chi connectivity index (χ1) is 14.8. The fourth-order valence-electron chi connectivity index (χ4n) is 3.73. The van der Waals surface area contributed by atoms with Crippen LogP contribution in [0.4, 0.5) is 4.79 Å². The van der Waals surface area contributed by atoms with Gasteiger partial charge in [0.25, 0.3) is 0 Å². The number of carbonyl (C=O) groups is 3. The number of carbonyl (C=O) groups excluding carboxylic acids is 2. The Labute approximate surface area is 181 Å². The molecule has 3 rings (SSSR count). The number of hydrogen-bond acceptors (Lipinski definition) is 5. The summed E-state index contributed by atoms with van der Waals surface area (Å²) < 4.78 is 10.5. The van der Waals surface area contributed by atoms with Crippen molar-refractivity contribution in [3.63, 3.8) is 0 Å². The number of amides is 1. The molecule has 164 valence electrons. The van der Waals surface area contributed by atoms with Gasteiger partial charge in [-0.1, -0.05) is 68.8 Å². The highest BCUT2D eigenvalue weighted by Gasteiger charge is 2.32. The molecule has 7 heteroatoms. The van der Waals surface area contributed by atoms with Crippen molar-refractivity contribution in [1.29, 1.82) is 0 Å². The molecule has 1 unspecified atom stereocenters. The highest BCUT2D eigenvalue weighted by molar-refractivity contribution is 5.84. The molecule has 7 nitrogen and oxygen atoms in total. The van der Waals surface area contributed by atoms with Crippen LogP contribution in [-0.2, 0) is 19.1 Å². The fraction of sp³-hybridized carbons (Fsp3) is 0.375. The molecule has 1 aliphatic rings. The van der Waals surface area contributed by atoms with Crippen LogP contribution in [0.25, 0.3) is 11.1 Å². The van der Waals surface area contributed by atoms with Crippen molar-refractivity contribution in [2.24, 2.45) is 5.92 Å². The van der Waals surface area contributed by atoms with Gasteiger partial charge in [0.15, 0.2) is 6.10 Å². The SMILES string of the molecule is CC[C@H](C)[C@H](NC(=O)OCC1c2ccccc2-c2ccccc21)C(=O)OC(C)C(=O)O. The molecule has 0 saturated heterocycles. The van der Waals surface area contributed by atoms with Gasteiger partial charge >= 0.3 is 18.0 Å². The average molecular weight is 425 g/mol. The summed E-state index contributed by atoms with van der Waals surface area (Å²) >= 11 is 0. The van der Waals surface area contributed by atoms with Crippen molar-refractivity contribution in [2.45, 2.75) is 45.3 Å². The number of esters is 1. The van der Waals surface area contributed by atoms with Gasteiger partial charge in [-0.05, 0) is 35.1 Å². The molecule has 1 aliphatic carbocycles. The minimum atomic E-state index is -1.30. The van der Waals surface area contributed by atoms with Gasteiger partial charge in [-0.2, -0.15) is 0 Å². The van der Waals surface area contributed by atoms with Crippen molar-refractivity contribution >= 4 is 18.0 Å². The number of ether oxygens (including phenoxy) is 2. The number of nitrogens with one attached hydrogen (secondary N) is 1. The highest BCUT2D eigenvalue weighted by Crippen LogP contribution is 2.44. The van der Waals surface area contributed by atoms with E-state index in [9.17, 15) is 14.4 Å². The summed E-state index contributed by atoms with van der Waals surface area (Å²) in [6.45, 7) is 5.03. The van der Waals surface area contributed by atoms with Crippen LogP contribution in [-0.4, -0.2) is 41.9 Å². The predicted octanol–water partition coefficient (Wildman–Crippen LogP) is 3.96. The van der Waals surface area contributed by atoms with Crippen LogP contribution in [0, 0.1) is 5.92 Å². The number of carboxylic acid groups (broad SMARTS) is 1. The molecule has 2 aromatic rings. The molecule has 2 N–H and O–H groups in total. The van der Waals surface area contributed by atoms with Crippen molar-refractivity contribution in [3.8, 4) is 11.1 Å². The van der Waals surface area contributed by atoms with Crippen molar-refractivity contribution in [1.82, 2.24) is 5.32 Å². The topological polar surface area (TPSA) is 102 Å². The molecule has 0 aliphatic heterocycles. The summed E-state index contributed by atoms with van der Waals surface area (Å²) in [5, 5.41) is 11.5. The van der Waals surface area contributed by atoms with Gasteiger partial charge in [-0.15, -0.1) is 0 Å². The maximum atomic E-state index is 12.5. The predicted molar refractivity (Wildman–Crippen MR) is 115 cm³/mol. The molecule has 0 radical (unpaired) electrons. The van der Waals surface area contributed by atoms with Crippen LogP contribution in [0.15, 0.2) is 48.5 Å². The Morgan fingerprint density at radius 2 is 1.55 bits per heavy atom. The Bertz CT molecular complexity index is 927. The number of aliphatic carboxylic acids is 1. The summed E-state index contributed by atoms with van der Waals surface area (Å²) in [4.78, 5) is 35.9. The lowest BCUT2D eigenvalue weighted by Gasteiger charge is -2.24. The van der Waals surface area contributed by atoms with Crippen LogP contribution in [0.2, 0.25) is 0 Å². The number of benzene rings is 2. The Hall–Kier alpha value is -3.35. The first kappa shape index (κ1) is 22.3. The maximum absolute atomic E-state index is 12.5. The summed E-state index contributed by atoms with van der Waals surface area (Å²) in [5.74, 6) is -2.40. The molecular weight excluding hydrogens is 398 g/mol. The van der Waals surface area contributed by atoms with E-state index in [1.54, 1.807) is 6.92 Å². The average Bonchev–Trinajstić information content (AvgIpc) is 3.09. The second-order valence-corrected chi connectivity index (χ2v) is 7.75. The van der Waals surface area contributed by atoms with E-state index in [0.717, 1.165) is 22.3 Å². The van der Waals surface area contributed by atoms with E-state index in [-0.39, 0.29) is 18.4 Å². The molecule has 3 atom stereocenters.